The van der Waals surface area contributed by atoms with E-state index in [2.05, 4.69) is 13.8 Å². The lowest BCUT2D eigenvalue weighted by Gasteiger charge is -2.11. The molecular formula is C12H25ClO2. The van der Waals surface area contributed by atoms with E-state index < -0.39 is 0 Å². The minimum Gasteiger partial charge on any atom is -0.385 e. The van der Waals surface area contributed by atoms with E-state index in [1.165, 1.54) is 0 Å². The van der Waals surface area contributed by atoms with Crippen LogP contribution in [-0.4, -0.2) is 32.3 Å². The zero-order valence-electron chi connectivity index (χ0n) is 10.3. The lowest BCUT2D eigenvalue weighted by Crippen LogP contribution is -2.06. The van der Waals surface area contributed by atoms with Crippen molar-refractivity contribution in [2.45, 2.75) is 44.9 Å². The van der Waals surface area contributed by atoms with E-state index in [0.29, 0.717) is 11.3 Å². The first-order chi connectivity index (χ1) is 7.16. The molecule has 92 valence electrons. The molecule has 0 radical (unpaired) electrons. The molecular weight excluding hydrogens is 212 g/mol. The fourth-order valence-electron chi connectivity index (χ4n) is 1.44. The van der Waals surface area contributed by atoms with Gasteiger partial charge in [0.15, 0.2) is 0 Å². The molecule has 0 aromatic carbocycles. The Hall–Kier alpha value is 0.210. The number of methoxy groups -OCH3 is 1. The van der Waals surface area contributed by atoms with Crippen molar-refractivity contribution in [1.82, 2.24) is 0 Å². The summed E-state index contributed by atoms with van der Waals surface area (Å²) in [5, 5.41) is 0.313. The van der Waals surface area contributed by atoms with Crippen LogP contribution >= 0.6 is 11.6 Å². The van der Waals surface area contributed by atoms with Crippen LogP contribution in [-0.2, 0) is 9.47 Å². The third-order valence-electron chi connectivity index (χ3n) is 2.17. The summed E-state index contributed by atoms with van der Waals surface area (Å²) in [6.45, 7) is 6.81. The topological polar surface area (TPSA) is 18.5 Å². The lowest BCUT2D eigenvalue weighted by molar-refractivity contribution is 0.100. The third-order valence-corrected chi connectivity index (χ3v) is 2.57. The van der Waals surface area contributed by atoms with Crippen LogP contribution in [0.5, 0.6) is 0 Å². The first-order valence-electron chi connectivity index (χ1n) is 5.87. The van der Waals surface area contributed by atoms with Crippen LogP contribution in [0.4, 0.5) is 0 Å². The number of ether oxygens (including phenoxy) is 2. The van der Waals surface area contributed by atoms with Gasteiger partial charge in [-0.05, 0) is 31.6 Å². The van der Waals surface area contributed by atoms with Gasteiger partial charge in [0.1, 0.15) is 0 Å². The highest BCUT2D eigenvalue weighted by Gasteiger charge is 2.06. The zero-order valence-corrected chi connectivity index (χ0v) is 11.1. The molecule has 15 heavy (non-hydrogen) atoms. The van der Waals surface area contributed by atoms with Crippen molar-refractivity contribution in [3.63, 3.8) is 0 Å². The zero-order chi connectivity index (χ0) is 11.5. The van der Waals surface area contributed by atoms with Crippen molar-refractivity contribution in [2.24, 2.45) is 5.92 Å². The number of alkyl halides is 1. The van der Waals surface area contributed by atoms with E-state index in [1.54, 1.807) is 7.11 Å². The van der Waals surface area contributed by atoms with E-state index in [4.69, 9.17) is 21.1 Å². The summed E-state index contributed by atoms with van der Waals surface area (Å²) >= 11 is 6.16. The predicted octanol–water partition coefficient (Wildman–Crippen LogP) is 3.47. The molecule has 0 rings (SSSR count). The van der Waals surface area contributed by atoms with E-state index in [-0.39, 0.29) is 0 Å². The average molecular weight is 237 g/mol. The van der Waals surface area contributed by atoms with Crippen molar-refractivity contribution in [3.05, 3.63) is 0 Å². The fourth-order valence-corrected chi connectivity index (χ4v) is 1.95. The number of hydrogen-bond donors (Lipinski definition) is 0. The van der Waals surface area contributed by atoms with Gasteiger partial charge in [0.05, 0.1) is 0 Å². The molecule has 2 nitrogen and oxygen atoms in total. The molecule has 0 aromatic rings. The monoisotopic (exact) mass is 236 g/mol. The highest BCUT2D eigenvalue weighted by Crippen LogP contribution is 2.15. The van der Waals surface area contributed by atoms with Gasteiger partial charge >= 0.3 is 0 Å². The van der Waals surface area contributed by atoms with Crippen LogP contribution in [0.1, 0.15) is 39.5 Å². The maximum atomic E-state index is 6.16. The standard InChI is InChI=1S/C12H25ClO2/c1-11(2)10-12(13)6-4-8-15-9-5-7-14-3/h11-12H,4-10H2,1-3H3. The number of hydrogen-bond acceptors (Lipinski definition) is 2. The van der Waals surface area contributed by atoms with Gasteiger partial charge in [0.2, 0.25) is 0 Å². The Morgan fingerprint density at radius 3 is 2.33 bits per heavy atom. The van der Waals surface area contributed by atoms with Gasteiger partial charge in [-0.15, -0.1) is 11.6 Å². The Morgan fingerprint density at radius 2 is 1.73 bits per heavy atom. The van der Waals surface area contributed by atoms with Crippen LogP contribution in [0.2, 0.25) is 0 Å². The Balaban J connectivity index is 3.09. The molecule has 0 fully saturated rings. The first kappa shape index (κ1) is 15.2. The van der Waals surface area contributed by atoms with Crippen LogP contribution in [0.15, 0.2) is 0 Å². The molecule has 0 aliphatic heterocycles. The molecule has 0 N–H and O–H groups in total. The van der Waals surface area contributed by atoms with Gasteiger partial charge < -0.3 is 9.47 Å². The highest BCUT2D eigenvalue weighted by molar-refractivity contribution is 6.20. The average Bonchev–Trinajstić information content (AvgIpc) is 2.15. The minimum absolute atomic E-state index is 0.313. The second kappa shape index (κ2) is 10.7. The first-order valence-corrected chi connectivity index (χ1v) is 6.31. The molecule has 0 aliphatic rings. The normalized spacial score (nSPS) is 13.4. The number of rotatable bonds is 10. The molecule has 0 amide bonds. The van der Waals surface area contributed by atoms with Crippen molar-refractivity contribution in [1.29, 1.82) is 0 Å². The molecule has 0 aromatic heterocycles. The number of halogens is 1. The minimum atomic E-state index is 0.313. The summed E-state index contributed by atoms with van der Waals surface area (Å²) in [5.74, 6) is 0.690. The van der Waals surface area contributed by atoms with Crippen LogP contribution < -0.4 is 0 Å². The molecule has 0 saturated carbocycles. The van der Waals surface area contributed by atoms with Crippen LogP contribution in [0, 0.1) is 5.92 Å². The van der Waals surface area contributed by atoms with Gasteiger partial charge in [-0.3, -0.25) is 0 Å². The summed E-state index contributed by atoms with van der Waals surface area (Å²) in [7, 11) is 1.71. The van der Waals surface area contributed by atoms with Crippen molar-refractivity contribution in [3.8, 4) is 0 Å². The summed E-state index contributed by atoms with van der Waals surface area (Å²) in [6, 6.07) is 0. The van der Waals surface area contributed by atoms with Crippen molar-refractivity contribution >= 4 is 11.6 Å². The molecule has 0 heterocycles. The summed E-state index contributed by atoms with van der Waals surface area (Å²) < 4.78 is 10.4. The Morgan fingerprint density at radius 1 is 1.07 bits per heavy atom. The second-order valence-corrected chi connectivity index (χ2v) is 4.94. The Labute approximate surface area is 99.3 Å². The van der Waals surface area contributed by atoms with E-state index >= 15 is 0 Å². The van der Waals surface area contributed by atoms with Gasteiger partial charge in [-0.1, -0.05) is 13.8 Å². The van der Waals surface area contributed by atoms with Gasteiger partial charge in [-0.2, -0.15) is 0 Å². The molecule has 3 heteroatoms. The van der Waals surface area contributed by atoms with Crippen molar-refractivity contribution < 1.29 is 9.47 Å². The smallest absolute Gasteiger partial charge is 0.0487 e. The molecule has 1 unspecified atom stereocenters. The molecule has 0 bridgehead atoms. The van der Waals surface area contributed by atoms with Crippen LogP contribution in [0.3, 0.4) is 0 Å². The third kappa shape index (κ3) is 12.1. The van der Waals surface area contributed by atoms with Crippen molar-refractivity contribution in [2.75, 3.05) is 26.9 Å². The SMILES string of the molecule is COCCCOCCCC(Cl)CC(C)C. The van der Waals surface area contributed by atoms with E-state index in [9.17, 15) is 0 Å². The Bertz CT molecular complexity index is 129. The summed E-state index contributed by atoms with van der Waals surface area (Å²) in [4.78, 5) is 0. The largest absolute Gasteiger partial charge is 0.385 e. The van der Waals surface area contributed by atoms with E-state index in [1.807, 2.05) is 0 Å². The van der Waals surface area contributed by atoms with E-state index in [0.717, 1.165) is 45.5 Å². The molecule has 1 atom stereocenters. The quantitative estimate of drug-likeness (QED) is 0.427. The summed E-state index contributed by atoms with van der Waals surface area (Å²) in [6.07, 6.45) is 4.20. The van der Waals surface area contributed by atoms with Gasteiger partial charge in [0, 0.05) is 32.3 Å². The lowest BCUT2D eigenvalue weighted by atomic mass is 10.1. The van der Waals surface area contributed by atoms with Gasteiger partial charge in [-0.25, -0.2) is 0 Å². The van der Waals surface area contributed by atoms with Gasteiger partial charge in [0.25, 0.3) is 0 Å². The predicted molar refractivity (Wildman–Crippen MR) is 65.6 cm³/mol. The molecule has 0 aliphatic carbocycles. The maximum absolute atomic E-state index is 6.16. The van der Waals surface area contributed by atoms with Crippen LogP contribution in [0.25, 0.3) is 0 Å². The summed E-state index contributed by atoms with van der Waals surface area (Å²) in [5.41, 5.74) is 0. The second-order valence-electron chi connectivity index (χ2n) is 4.33. The fraction of sp³-hybridized carbons (Fsp3) is 1.00. The molecule has 0 spiro atoms. The molecule has 0 saturated heterocycles. The highest BCUT2D eigenvalue weighted by atomic mass is 35.5. The maximum Gasteiger partial charge on any atom is 0.0487 e. The Kier molecular flexibility index (Phi) is 10.9.